The Kier molecular flexibility index (Phi) is 2.96. The number of amides is 2. The Morgan fingerprint density at radius 1 is 1.05 bits per heavy atom. The van der Waals surface area contributed by atoms with Gasteiger partial charge in [0.15, 0.2) is 0 Å². The second kappa shape index (κ2) is 4.41. The van der Waals surface area contributed by atoms with E-state index in [9.17, 15) is 14.4 Å². The van der Waals surface area contributed by atoms with Crippen LogP contribution in [0.15, 0.2) is 24.3 Å². The predicted molar refractivity (Wildman–Crippen MR) is 78.7 cm³/mol. The van der Waals surface area contributed by atoms with Crippen LogP contribution in [0.4, 0.5) is 0 Å². The lowest BCUT2D eigenvalue weighted by Gasteiger charge is -2.13. The summed E-state index contributed by atoms with van der Waals surface area (Å²) in [5, 5.41) is 0.579. The lowest BCUT2D eigenvalue weighted by atomic mass is 10.0. The molecule has 5 heteroatoms. The molecule has 0 saturated heterocycles. The number of hydroxylamine groups is 2. The number of nitrogens with zero attached hydrogens (tertiary/aromatic N) is 1. The van der Waals surface area contributed by atoms with Gasteiger partial charge < -0.3 is 4.84 Å². The molecule has 1 fully saturated rings. The van der Waals surface area contributed by atoms with Crippen molar-refractivity contribution in [2.45, 2.75) is 34.1 Å². The number of hydrogen-bond donors (Lipinski definition) is 0. The van der Waals surface area contributed by atoms with E-state index < -0.39 is 17.8 Å². The largest absolute Gasteiger partial charge is 0.333 e. The molecule has 3 rings (SSSR count). The standard InChI is InChI=1S/C17H19NO4/c1-16(2)12(17(16,3)4)9-13(19)22-18-14(20)10-7-5-6-8-11(10)15(18)21/h5-8,12H,9H2,1-4H3. The van der Waals surface area contributed by atoms with Crippen molar-refractivity contribution in [3.05, 3.63) is 35.4 Å². The minimum absolute atomic E-state index is 0.0496. The van der Waals surface area contributed by atoms with E-state index in [1.165, 1.54) is 0 Å². The second-order valence-electron chi connectivity index (χ2n) is 7.11. The van der Waals surface area contributed by atoms with Crippen LogP contribution in [0.3, 0.4) is 0 Å². The maximum atomic E-state index is 12.1. The number of carbonyl (C=O) groups excluding carboxylic acids is 3. The summed E-state index contributed by atoms with van der Waals surface area (Å²) in [6.07, 6.45) is 0.202. The molecule has 1 heterocycles. The summed E-state index contributed by atoms with van der Waals surface area (Å²) in [6.45, 7) is 8.42. The van der Waals surface area contributed by atoms with Gasteiger partial charge in [-0.25, -0.2) is 4.79 Å². The van der Waals surface area contributed by atoms with Gasteiger partial charge in [-0.15, -0.1) is 0 Å². The van der Waals surface area contributed by atoms with Crippen LogP contribution in [0.1, 0.15) is 54.8 Å². The first-order valence-corrected chi connectivity index (χ1v) is 7.36. The van der Waals surface area contributed by atoms with Gasteiger partial charge in [0.1, 0.15) is 0 Å². The quantitative estimate of drug-likeness (QED) is 0.805. The van der Waals surface area contributed by atoms with Gasteiger partial charge in [0.05, 0.1) is 17.5 Å². The number of imide groups is 1. The van der Waals surface area contributed by atoms with Gasteiger partial charge in [0.2, 0.25) is 0 Å². The van der Waals surface area contributed by atoms with Crippen molar-refractivity contribution in [3.63, 3.8) is 0 Å². The summed E-state index contributed by atoms with van der Waals surface area (Å²) in [6, 6.07) is 6.45. The summed E-state index contributed by atoms with van der Waals surface area (Å²) in [4.78, 5) is 41.4. The van der Waals surface area contributed by atoms with Gasteiger partial charge in [0.25, 0.3) is 11.8 Å². The zero-order valence-corrected chi connectivity index (χ0v) is 13.2. The normalized spacial score (nSPS) is 21.7. The van der Waals surface area contributed by atoms with Gasteiger partial charge in [0, 0.05) is 0 Å². The maximum Gasteiger partial charge on any atom is 0.333 e. The van der Waals surface area contributed by atoms with Crippen molar-refractivity contribution in [1.29, 1.82) is 0 Å². The highest BCUT2D eigenvalue weighted by molar-refractivity contribution is 6.20. The molecule has 2 aliphatic rings. The Labute approximate surface area is 129 Å². The molecule has 0 radical (unpaired) electrons. The van der Waals surface area contributed by atoms with Crippen LogP contribution >= 0.6 is 0 Å². The number of carbonyl (C=O) groups is 3. The molecule has 0 unspecified atom stereocenters. The predicted octanol–water partition coefficient (Wildman–Crippen LogP) is 2.81. The van der Waals surface area contributed by atoms with Crippen LogP contribution in [0.5, 0.6) is 0 Å². The van der Waals surface area contributed by atoms with Crippen molar-refractivity contribution < 1.29 is 19.2 Å². The molecule has 0 bridgehead atoms. The highest BCUT2D eigenvalue weighted by Crippen LogP contribution is 2.69. The number of rotatable bonds is 3. The third kappa shape index (κ3) is 1.88. The number of benzene rings is 1. The Balaban J connectivity index is 1.69. The molecule has 0 atom stereocenters. The molecular formula is C17H19NO4. The van der Waals surface area contributed by atoms with Crippen LogP contribution in [0, 0.1) is 16.7 Å². The monoisotopic (exact) mass is 301 g/mol. The lowest BCUT2D eigenvalue weighted by molar-refractivity contribution is -0.169. The van der Waals surface area contributed by atoms with E-state index in [0.29, 0.717) is 5.06 Å². The highest BCUT2D eigenvalue weighted by atomic mass is 16.7. The van der Waals surface area contributed by atoms with Crippen molar-refractivity contribution in [1.82, 2.24) is 5.06 Å². The summed E-state index contributed by atoms with van der Waals surface area (Å²) in [7, 11) is 0. The molecule has 0 N–H and O–H groups in total. The molecule has 5 nitrogen and oxygen atoms in total. The topological polar surface area (TPSA) is 63.7 Å². The Morgan fingerprint density at radius 2 is 1.50 bits per heavy atom. The first kappa shape index (κ1) is 14.8. The maximum absolute atomic E-state index is 12.1. The lowest BCUT2D eigenvalue weighted by Crippen LogP contribution is -2.32. The van der Waals surface area contributed by atoms with Crippen molar-refractivity contribution in [2.24, 2.45) is 16.7 Å². The first-order valence-electron chi connectivity index (χ1n) is 7.36. The molecule has 0 aromatic heterocycles. The average molecular weight is 301 g/mol. The summed E-state index contributed by atoms with van der Waals surface area (Å²) < 4.78 is 0. The fourth-order valence-electron chi connectivity index (χ4n) is 3.40. The van der Waals surface area contributed by atoms with Crippen LogP contribution in [0.25, 0.3) is 0 Å². The Hall–Kier alpha value is -2.17. The van der Waals surface area contributed by atoms with Crippen LogP contribution in [-0.4, -0.2) is 22.8 Å². The summed E-state index contributed by atoms with van der Waals surface area (Å²) >= 11 is 0. The van der Waals surface area contributed by atoms with E-state index in [1.807, 2.05) is 0 Å². The molecular weight excluding hydrogens is 282 g/mol. The van der Waals surface area contributed by atoms with E-state index in [2.05, 4.69) is 27.7 Å². The van der Waals surface area contributed by atoms with Crippen LogP contribution in [-0.2, 0) is 9.63 Å². The highest BCUT2D eigenvalue weighted by Gasteiger charge is 2.65. The fraction of sp³-hybridized carbons (Fsp3) is 0.471. The molecule has 1 saturated carbocycles. The van der Waals surface area contributed by atoms with Gasteiger partial charge in [-0.3, -0.25) is 9.59 Å². The summed E-state index contributed by atoms with van der Waals surface area (Å²) in [5.74, 6) is -1.52. The third-order valence-corrected chi connectivity index (χ3v) is 5.64. The van der Waals surface area contributed by atoms with Gasteiger partial charge in [-0.2, -0.15) is 0 Å². The minimum atomic E-state index is -0.580. The number of fused-ring (bicyclic) bond motifs is 1. The Morgan fingerprint density at radius 3 is 1.91 bits per heavy atom. The SMILES string of the molecule is CC1(C)C(CC(=O)ON2C(=O)c3ccccc3C2=O)C1(C)C. The van der Waals surface area contributed by atoms with E-state index in [0.717, 1.165) is 0 Å². The molecule has 1 aromatic rings. The fourth-order valence-corrected chi connectivity index (χ4v) is 3.40. The molecule has 1 aliphatic heterocycles. The van der Waals surface area contributed by atoms with Crippen molar-refractivity contribution in [3.8, 4) is 0 Å². The van der Waals surface area contributed by atoms with Crippen LogP contribution in [0.2, 0.25) is 0 Å². The Bertz CT molecular complexity index is 641. The van der Waals surface area contributed by atoms with Crippen LogP contribution < -0.4 is 0 Å². The minimum Gasteiger partial charge on any atom is -0.330 e. The second-order valence-corrected chi connectivity index (χ2v) is 7.11. The first-order chi connectivity index (χ1) is 10.2. The number of hydrogen-bond acceptors (Lipinski definition) is 4. The smallest absolute Gasteiger partial charge is 0.330 e. The van der Waals surface area contributed by atoms with Gasteiger partial charge in [-0.1, -0.05) is 44.9 Å². The van der Waals surface area contributed by atoms with E-state index >= 15 is 0 Å². The molecule has 1 aliphatic carbocycles. The van der Waals surface area contributed by atoms with E-state index in [-0.39, 0.29) is 34.3 Å². The molecule has 2 amide bonds. The van der Waals surface area contributed by atoms with E-state index in [4.69, 9.17) is 4.84 Å². The molecule has 116 valence electrons. The van der Waals surface area contributed by atoms with Gasteiger partial charge in [-0.05, 0) is 28.9 Å². The zero-order chi connectivity index (χ0) is 16.3. The molecule has 0 spiro atoms. The molecule has 22 heavy (non-hydrogen) atoms. The van der Waals surface area contributed by atoms with E-state index in [1.54, 1.807) is 24.3 Å². The third-order valence-electron chi connectivity index (χ3n) is 5.64. The summed E-state index contributed by atoms with van der Waals surface area (Å²) in [5.41, 5.74) is 0.641. The van der Waals surface area contributed by atoms with Gasteiger partial charge >= 0.3 is 5.97 Å². The zero-order valence-electron chi connectivity index (χ0n) is 13.2. The van der Waals surface area contributed by atoms with Crippen molar-refractivity contribution >= 4 is 17.8 Å². The van der Waals surface area contributed by atoms with Crippen molar-refractivity contribution in [2.75, 3.05) is 0 Å². The average Bonchev–Trinajstić information content (AvgIpc) is 2.72. The molecule has 1 aromatic carbocycles.